The van der Waals surface area contributed by atoms with Crippen LogP contribution >= 0.6 is 11.3 Å². The van der Waals surface area contributed by atoms with E-state index in [0.29, 0.717) is 0 Å². The summed E-state index contributed by atoms with van der Waals surface area (Å²) in [6, 6.07) is 18.9. The van der Waals surface area contributed by atoms with Crippen LogP contribution in [0.1, 0.15) is 57.8 Å². The highest BCUT2D eigenvalue weighted by atomic mass is 32.1. The predicted octanol–water partition coefficient (Wildman–Crippen LogP) is 7.80. The molecule has 1 aromatic heterocycles. The average Bonchev–Trinajstić information content (AvgIpc) is 3.20. The molecule has 0 amide bonds. The molecule has 0 N–H and O–H groups in total. The van der Waals surface area contributed by atoms with Gasteiger partial charge in [-0.3, -0.25) is 4.90 Å². The summed E-state index contributed by atoms with van der Waals surface area (Å²) in [7, 11) is 0. The zero-order chi connectivity index (χ0) is 22.1. The first kappa shape index (κ1) is 23.5. The molecule has 0 spiro atoms. The van der Waals surface area contributed by atoms with E-state index in [1.807, 2.05) is 6.07 Å². The minimum Gasteiger partial charge on any atom is -0.475 e. The molecule has 0 saturated heterocycles. The molecule has 1 heterocycles. The van der Waals surface area contributed by atoms with Crippen molar-refractivity contribution in [1.29, 1.82) is 0 Å². The summed E-state index contributed by atoms with van der Waals surface area (Å²) < 4.78 is 6.42. The Balaban J connectivity index is 1.72. The van der Waals surface area contributed by atoms with E-state index in [4.69, 9.17) is 9.72 Å². The summed E-state index contributed by atoms with van der Waals surface area (Å²) in [6.07, 6.45) is 5.98. The number of aromatic nitrogens is 1. The van der Waals surface area contributed by atoms with Gasteiger partial charge in [0.15, 0.2) is 6.23 Å². The number of ether oxygens (including phenoxy) is 1. The van der Waals surface area contributed by atoms with E-state index in [0.717, 1.165) is 41.5 Å². The molecule has 3 aromatic rings. The topological polar surface area (TPSA) is 25.4 Å². The maximum atomic E-state index is 6.42. The highest BCUT2D eigenvalue weighted by Gasteiger charge is 2.18. The fourth-order valence-electron chi connectivity index (χ4n) is 3.76. The molecule has 0 radical (unpaired) electrons. The van der Waals surface area contributed by atoms with Crippen LogP contribution < -0.4 is 4.74 Å². The van der Waals surface area contributed by atoms with Crippen molar-refractivity contribution >= 4 is 11.3 Å². The van der Waals surface area contributed by atoms with Crippen LogP contribution in [0.4, 0.5) is 0 Å². The highest BCUT2D eigenvalue weighted by Crippen LogP contribution is 2.34. The normalized spacial score (nSPS) is 12.3. The van der Waals surface area contributed by atoms with Crippen molar-refractivity contribution in [2.45, 2.75) is 66.0 Å². The summed E-state index contributed by atoms with van der Waals surface area (Å²) in [5.74, 6) is 0.935. The Kier molecular flexibility index (Phi) is 9.11. The number of aryl methyl sites for hydroxylation is 1. The average molecular weight is 437 g/mol. The number of hydrogen-bond acceptors (Lipinski definition) is 4. The lowest BCUT2D eigenvalue weighted by Crippen LogP contribution is -2.40. The SMILES string of the molecule is CCCCN(CCCC)C(CC)Oc1ccc(-c2nc(-c3ccccc3)sc2C)cc1. The van der Waals surface area contributed by atoms with E-state index in [-0.39, 0.29) is 6.23 Å². The van der Waals surface area contributed by atoms with Gasteiger partial charge >= 0.3 is 0 Å². The van der Waals surface area contributed by atoms with Crippen LogP contribution in [0.25, 0.3) is 21.8 Å². The summed E-state index contributed by atoms with van der Waals surface area (Å²) in [4.78, 5) is 8.67. The van der Waals surface area contributed by atoms with Gasteiger partial charge in [0.05, 0.1) is 5.69 Å². The first-order valence-electron chi connectivity index (χ1n) is 11.7. The van der Waals surface area contributed by atoms with Gasteiger partial charge in [0.25, 0.3) is 0 Å². The molecule has 31 heavy (non-hydrogen) atoms. The van der Waals surface area contributed by atoms with Crippen molar-refractivity contribution in [1.82, 2.24) is 9.88 Å². The van der Waals surface area contributed by atoms with Gasteiger partial charge in [-0.25, -0.2) is 4.98 Å². The van der Waals surface area contributed by atoms with Crippen LogP contribution in [0.2, 0.25) is 0 Å². The van der Waals surface area contributed by atoms with E-state index >= 15 is 0 Å². The maximum absolute atomic E-state index is 6.42. The molecule has 0 bridgehead atoms. The van der Waals surface area contributed by atoms with E-state index in [9.17, 15) is 0 Å². The quantitative estimate of drug-likeness (QED) is 0.271. The van der Waals surface area contributed by atoms with Gasteiger partial charge in [0, 0.05) is 29.1 Å². The zero-order valence-electron chi connectivity index (χ0n) is 19.4. The van der Waals surface area contributed by atoms with Crippen LogP contribution in [0.5, 0.6) is 5.75 Å². The fraction of sp³-hybridized carbons (Fsp3) is 0.444. The first-order chi connectivity index (χ1) is 15.2. The monoisotopic (exact) mass is 436 g/mol. The van der Waals surface area contributed by atoms with Crippen molar-refractivity contribution in [2.24, 2.45) is 0 Å². The Morgan fingerprint density at radius 2 is 1.52 bits per heavy atom. The molecule has 3 nitrogen and oxygen atoms in total. The lowest BCUT2D eigenvalue weighted by Gasteiger charge is -2.31. The molecule has 2 aromatic carbocycles. The Bertz CT molecular complexity index is 897. The second-order valence-corrected chi connectivity index (χ2v) is 9.24. The molecule has 0 saturated carbocycles. The first-order valence-corrected chi connectivity index (χ1v) is 12.5. The minimum atomic E-state index is 0.134. The number of hydrogen-bond donors (Lipinski definition) is 0. The van der Waals surface area contributed by atoms with Crippen LogP contribution in [-0.2, 0) is 0 Å². The number of nitrogens with zero attached hydrogens (tertiary/aromatic N) is 2. The van der Waals surface area contributed by atoms with Crippen molar-refractivity contribution < 1.29 is 4.74 Å². The van der Waals surface area contributed by atoms with Gasteiger partial charge in [0.2, 0.25) is 0 Å². The van der Waals surface area contributed by atoms with Crippen molar-refractivity contribution in [2.75, 3.05) is 13.1 Å². The number of thiazole rings is 1. The van der Waals surface area contributed by atoms with Crippen LogP contribution in [0.3, 0.4) is 0 Å². The highest BCUT2D eigenvalue weighted by molar-refractivity contribution is 7.15. The molecule has 1 unspecified atom stereocenters. The van der Waals surface area contributed by atoms with E-state index < -0.39 is 0 Å². The minimum absolute atomic E-state index is 0.134. The summed E-state index contributed by atoms with van der Waals surface area (Å²) in [5.41, 5.74) is 3.38. The largest absolute Gasteiger partial charge is 0.475 e. The molecular weight excluding hydrogens is 400 g/mol. The van der Waals surface area contributed by atoms with Crippen LogP contribution in [0.15, 0.2) is 54.6 Å². The summed E-state index contributed by atoms with van der Waals surface area (Å²) in [6.45, 7) is 11.1. The van der Waals surface area contributed by atoms with E-state index in [1.54, 1.807) is 11.3 Å². The van der Waals surface area contributed by atoms with Crippen LogP contribution in [-0.4, -0.2) is 29.2 Å². The van der Waals surface area contributed by atoms with Crippen LogP contribution in [0, 0.1) is 6.92 Å². The maximum Gasteiger partial charge on any atom is 0.152 e. The molecular formula is C27H36N2OS. The molecule has 1 atom stereocenters. The standard InChI is InChI=1S/C27H36N2OS/c1-5-8-19-29(20-9-6-2)25(7-3)30-24-17-15-22(16-18-24)26-21(4)31-27(28-26)23-13-11-10-12-14-23/h10-18,25H,5-9,19-20H2,1-4H3. The zero-order valence-corrected chi connectivity index (χ0v) is 20.3. The number of benzene rings is 2. The Morgan fingerprint density at radius 1 is 0.871 bits per heavy atom. The van der Waals surface area contributed by atoms with Gasteiger partial charge in [0.1, 0.15) is 10.8 Å². The fourth-order valence-corrected chi connectivity index (χ4v) is 4.70. The van der Waals surface area contributed by atoms with E-state index in [2.05, 4.69) is 81.1 Å². The molecule has 0 aliphatic carbocycles. The van der Waals surface area contributed by atoms with Crippen molar-refractivity contribution in [3.8, 4) is 27.6 Å². The Morgan fingerprint density at radius 3 is 2.10 bits per heavy atom. The molecule has 0 aliphatic heterocycles. The second-order valence-electron chi connectivity index (χ2n) is 8.04. The van der Waals surface area contributed by atoms with E-state index in [1.165, 1.54) is 36.1 Å². The number of rotatable bonds is 12. The third-order valence-corrected chi connectivity index (χ3v) is 6.59. The lowest BCUT2D eigenvalue weighted by molar-refractivity contribution is 0.0202. The van der Waals surface area contributed by atoms with Gasteiger partial charge in [-0.1, -0.05) is 63.9 Å². The Hall–Kier alpha value is -2.17. The number of unbranched alkanes of at least 4 members (excludes halogenated alkanes) is 2. The smallest absolute Gasteiger partial charge is 0.152 e. The van der Waals surface area contributed by atoms with Gasteiger partial charge in [-0.05, 0) is 50.5 Å². The summed E-state index contributed by atoms with van der Waals surface area (Å²) >= 11 is 1.75. The third-order valence-electron chi connectivity index (χ3n) is 5.57. The lowest BCUT2D eigenvalue weighted by atomic mass is 10.1. The second kappa shape index (κ2) is 12.0. The van der Waals surface area contributed by atoms with Gasteiger partial charge in [-0.2, -0.15) is 0 Å². The Labute approximate surface area is 192 Å². The van der Waals surface area contributed by atoms with Crippen molar-refractivity contribution in [3.05, 3.63) is 59.5 Å². The van der Waals surface area contributed by atoms with Gasteiger partial charge < -0.3 is 4.74 Å². The summed E-state index contributed by atoms with van der Waals surface area (Å²) in [5, 5.41) is 1.07. The molecule has 0 fully saturated rings. The van der Waals surface area contributed by atoms with Gasteiger partial charge in [-0.15, -0.1) is 11.3 Å². The molecule has 0 aliphatic rings. The molecule has 166 valence electrons. The predicted molar refractivity (Wildman–Crippen MR) is 134 cm³/mol. The molecule has 3 rings (SSSR count). The third kappa shape index (κ3) is 6.41. The molecule has 4 heteroatoms. The van der Waals surface area contributed by atoms with Crippen molar-refractivity contribution in [3.63, 3.8) is 0 Å².